The zero-order chi connectivity index (χ0) is 46.8. The lowest BCUT2D eigenvalue weighted by Crippen LogP contribution is -2.64. The van der Waals surface area contributed by atoms with Crippen LogP contribution in [0.15, 0.2) is 23.8 Å². The van der Waals surface area contributed by atoms with Crippen molar-refractivity contribution in [2.75, 3.05) is 13.2 Å². The average Bonchev–Trinajstić information content (AvgIpc) is 3.72. The van der Waals surface area contributed by atoms with Gasteiger partial charge in [0.1, 0.15) is 61.0 Å². The molecule has 8 fully saturated rings. The number of fused-ring (bicyclic) bond motifs is 7. The Balaban J connectivity index is 0.927. The lowest BCUT2D eigenvalue weighted by Gasteiger charge is -2.60. The molecule has 27 atom stereocenters. The van der Waals surface area contributed by atoms with Gasteiger partial charge in [0, 0.05) is 24.7 Å². The summed E-state index contributed by atoms with van der Waals surface area (Å²) in [4.78, 5) is 11.7. The number of esters is 1. The fourth-order valence-corrected chi connectivity index (χ4v) is 14.1. The summed E-state index contributed by atoms with van der Waals surface area (Å²) in [7, 11) is 0. The highest BCUT2D eigenvalue weighted by molar-refractivity contribution is 5.66. The fourth-order valence-electron chi connectivity index (χ4n) is 14.1. The second-order valence-electron chi connectivity index (χ2n) is 21.1. The summed E-state index contributed by atoms with van der Waals surface area (Å²) in [5, 5.41) is 98.9. The lowest BCUT2D eigenvalue weighted by molar-refractivity contribution is -0.363. The molecule has 1 spiro atoms. The third-order valence-corrected chi connectivity index (χ3v) is 17.5. The van der Waals surface area contributed by atoms with Crippen molar-refractivity contribution in [2.45, 2.75) is 202 Å². The summed E-state index contributed by atoms with van der Waals surface area (Å²) in [6.07, 6.45) is -17.0. The Kier molecular flexibility index (Phi) is 13.1. The minimum atomic E-state index is -1.70. The topological polar surface area (TPSA) is 282 Å². The largest absolute Gasteiger partial charge is 0.457 e. The van der Waals surface area contributed by atoms with Crippen LogP contribution in [-0.4, -0.2) is 187 Å². The number of hydrogen-bond donors (Lipinski definition) is 9. The number of hydrogen-bond acceptors (Lipinski definition) is 19. The van der Waals surface area contributed by atoms with Crippen LogP contribution in [0.4, 0.5) is 0 Å². The van der Waals surface area contributed by atoms with Crippen LogP contribution in [0.1, 0.15) is 80.1 Å². The van der Waals surface area contributed by atoms with Gasteiger partial charge >= 0.3 is 5.97 Å². The van der Waals surface area contributed by atoms with E-state index in [4.69, 9.17) is 42.6 Å². The third-order valence-electron chi connectivity index (χ3n) is 17.5. The first kappa shape index (κ1) is 48.3. The molecule has 0 radical (unpaired) electrons. The highest BCUT2D eigenvalue weighted by Gasteiger charge is 2.72. The molecule has 4 aliphatic carbocycles. The Morgan fingerprint density at radius 2 is 1.49 bits per heavy atom. The lowest BCUT2D eigenvalue weighted by atomic mass is 9.46. The number of aliphatic hydroxyl groups excluding tert-OH is 9. The quantitative estimate of drug-likeness (QED) is 0.113. The maximum Gasteiger partial charge on any atom is 0.303 e. The molecule has 0 amide bonds. The van der Waals surface area contributed by atoms with E-state index in [1.165, 1.54) is 6.92 Å². The molecule has 0 unspecified atom stereocenters. The van der Waals surface area contributed by atoms with E-state index in [0.717, 1.165) is 24.8 Å². The number of ether oxygens (including phenoxy) is 9. The van der Waals surface area contributed by atoms with Crippen molar-refractivity contribution in [3.63, 3.8) is 0 Å². The summed E-state index contributed by atoms with van der Waals surface area (Å²) >= 11 is 0. The molecule has 5 aliphatic heterocycles. The summed E-state index contributed by atoms with van der Waals surface area (Å²) in [6, 6.07) is 0. The van der Waals surface area contributed by atoms with Gasteiger partial charge in [-0.2, -0.15) is 0 Å². The molecule has 0 bridgehead atoms. The summed E-state index contributed by atoms with van der Waals surface area (Å²) < 4.78 is 55.3. The van der Waals surface area contributed by atoms with Gasteiger partial charge < -0.3 is 88.6 Å². The molecule has 9 rings (SSSR count). The Morgan fingerprint density at radius 1 is 0.800 bits per heavy atom. The van der Waals surface area contributed by atoms with Crippen LogP contribution in [0.25, 0.3) is 0 Å². The van der Waals surface area contributed by atoms with E-state index in [1.54, 1.807) is 13.8 Å². The maximum absolute atomic E-state index is 12.1. The number of aliphatic hydroxyl groups is 9. The molecular weight excluding hydrogens is 856 g/mol. The number of rotatable bonds is 7. The van der Waals surface area contributed by atoms with Gasteiger partial charge in [0.25, 0.3) is 0 Å². The van der Waals surface area contributed by atoms with Crippen LogP contribution in [-0.2, 0) is 47.4 Å². The molecule has 0 aromatic carbocycles. The normalized spacial score (nSPS) is 56.6. The molecule has 19 heteroatoms. The Morgan fingerprint density at radius 3 is 2.22 bits per heavy atom. The highest BCUT2D eigenvalue weighted by atomic mass is 16.8. The summed E-state index contributed by atoms with van der Waals surface area (Å²) in [5.41, 5.74) is 0.680. The fraction of sp³-hybridized carbons (Fsp3) is 0.891. The highest BCUT2D eigenvalue weighted by Crippen LogP contribution is 2.71. The van der Waals surface area contributed by atoms with Crippen molar-refractivity contribution in [1.82, 2.24) is 0 Å². The van der Waals surface area contributed by atoms with E-state index < -0.39 is 128 Å². The molecule has 5 heterocycles. The van der Waals surface area contributed by atoms with Crippen molar-refractivity contribution < 1.29 is 93.4 Å². The van der Waals surface area contributed by atoms with Gasteiger partial charge in [-0.05, 0) is 80.6 Å². The van der Waals surface area contributed by atoms with E-state index in [0.29, 0.717) is 18.4 Å². The molecule has 65 heavy (non-hydrogen) atoms. The van der Waals surface area contributed by atoms with Gasteiger partial charge in [-0.25, -0.2) is 0 Å². The SMILES string of the molecule is C=C1CO[C@@]2(O[C@H]3C[C@H]4[C@@H]5CC=C6C[C@@H](O)C[C@@H](O[C@@H]7OC[C@H](O)[C@H](O)[C@H]7O[C@@H]7O[C@@H](C)[C@H](OC(C)=O)[C@@H](O)[C@H]7O)[C@]6(C)[C@H]5CC[C@]4(C)[C@H]3[C@@H]2C)[C@@H](O)[C@H]1O[C@@H]1O[C@H](C)[C@H](O)[C@H](O)[C@H]1O. The zero-order valence-corrected chi connectivity index (χ0v) is 37.9. The molecule has 368 valence electrons. The van der Waals surface area contributed by atoms with Crippen molar-refractivity contribution in [1.29, 1.82) is 0 Å². The summed E-state index contributed by atoms with van der Waals surface area (Å²) in [5.74, 6) is -1.93. The first-order valence-electron chi connectivity index (χ1n) is 23.5. The molecule has 9 N–H and O–H groups in total. The van der Waals surface area contributed by atoms with Crippen LogP contribution >= 0.6 is 0 Å². The first-order valence-corrected chi connectivity index (χ1v) is 23.5. The van der Waals surface area contributed by atoms with Crippen LogP contribution in [0.2, 0.25) is 0 Å². The van der Waals surface area contributed by atoms with Gasteiger partial charge in [-0.3, -0.25) is 4.79 Å². The van der Waals surface area contributed by atoms with E-state index in [-0.39, 0.29) is 60.7 Å². The Bertz CT molecular complexity index is 1820. The van der Waals surface area contributed by atoms with Crippen LogP contribution in [0.3, 0.4) is 0 Å². The van der Waals surface area contributed by atoms with Crippen LogP contribution in [0.5, 0.6) is 0 Å². The van der Waals surface area contributed by atoms with Crippen molar-refractivity contribution in [3.05, 3.63) is 23.8 Å². The Hall–Kier alpha value is -1.73. The van der Waals surface area contributed by atoms with Crippen LogP contribution < -0.4 is 0 Å². The van der Waals surface area contributed by atoms with Crippen molar-refractivity contribution in [3.8, 4) is 0 Å². The average molecular weight is 927 g/mol. The molecule has 3 saturated carbocycles. The molecule has 19 nitrogen and oxygen atoms in total. The predicted molar refractivity (Wildman–Crippen MR) is 220 cm³/mol. The molecular formula is C46H70O19. The second kappa shape index (κ2) is 17.6. The van der Waals surface area contributed by atoms with E-state index in [9.17, 15) is 50.8 Å². The number of carbonyl (C=O) groups excluding carboxylic acids is 1. The van der Waals surface area contributed by atoms with E-state index >= 15 is 0 Å². The number of allylic oxidation sites excluding steroid dienone is 1. The first-order chi connectivity index (χ1) is 30.6. The van der Waals surface area contributed by atoms with E-state index in [2.05, 4.69) is 26.5 Å². The van der Waals surface area contributed by atoms with Gasteiger partial charge in [-0.1, -0.05) is 39.0 Å². The minimum Gasteiger partial charge on any atom is -0.457 e. The van der Waals surface area contributed by atoms with Gasteiger partial charge in [0.05, 0.1) is 43.7 Å². The van der Waals surface area contributed by atoms with E-state index in [1.807, 2.05) is 6.92 Å². The monoisotopic (exact) mass is 926 g/mol. The Labute approximate surface area is 378 Å². The maximum atomic E-state index is 12.1. The standard InChI is InChI=1S/C46H70O19/c1-17-15-58-46(40(56)37(17)63-41-35(54)33(52)31(50)19(3)59-41)18(2)30-28(65-46)14-26-24-9-8-22-12-23(48)13-29(45(22,7)25(24)10-11-44(26,30)6)62-43-39(32(51)27(49)16-57-43)64-42-36(55)34(53)38(20(4)60-42)61-21(5)47/h8,18-20,23-43,48-56H,1,9-16H2,2-7H3/t18-,19+,20-,23+,24+,25-,26-,27-,28-,29+,30-,31-,32-,33-,34-,35+,36+,37-,38-,39+,40-,41-,42-,43-,44-,45-,46-/m0/s1. The second-order valence-corrected chi connectivity index (χ2v) is 21.1. The molecule has 0 aromatic rings. The van der Waals surface area contributed by atoms with Gasteiger partial charge in [0.2, 0.25) is 5.79 Å². The van der Waals surface area contributed by atoms with Gasteiger partial charge in [-0.15, -0.1) is 0 Å². The van der Waals surface area contributed by atoms with Crippen molar-refractivity contribution >= 4 is 5.97 Å². The predicted octanol–water partition coefficient (Wildman–Crippen LogP) is -0.716. The molecule has 9 aliphatic rings. The zero-order valence-electron chi connectivity index (χ0n) is 37.9. The van der Waals surface area contributed by atoms with Crippen molar-refractivity contribution in [2.24, 2.45) is 40.4 Å². The minimum absolute atomic E-state index is 0.00797. The van der Waals surface area contributed by atoms with Gasteiger partial charge in [0.15, 0.2) is 25.0 Å². The molecule has 0 aromatic heterocycles. The smallest absolute Gasteiger partial charge is 0.303 e. The van der Waals surface area contributed by atoms with Crippen LogP contribution in [0, 0.1) is 40.4 Å². The molecule has 5 saturated heterocycles. The number of carbonyl (C=O) groups is 1. The third kappa shape index (κ3) is 7.71. The summed E-state index contributed by atoms with van der Waals surface area (Å²) in [6.45, 7) is 14.7.